The molecule has 0 N–H and O–H groups in total. The van der Waals surface area contributed by atoms with E-state index in [4.69, 9.17) is 18.9 Å². The molecule has 0 aliphatic carbocycles. The number of fused-ring (bicyclic) bond motifs is 2. The van der Waals surface area contributed by atoms with Crippen LogP contribution < -0.4 is 14.2 Å². The number of hydrogen-bond donors (Lipinski definition) is 0. The van der Waals surface area contributed by atoms with Crippen molar-refractivity contribution < 1.29 is 28.5 Å². The van der Waals surface area contributed by atoms with Crippen LogP contribution in [0.2, 0.25) is 0 Å². The molecule has 4 heterocycles. The van der Waals surface area contributed by atoms with Crippen LogP contribution in [0.3, 0.4) is 0 Å². The van der Waals surface area contributed by atoms with Crippen molar-refractivity contribution in [3.63, 3.8) is 0 Å². The van der Waals surface area contributed by atoms with Crippen molar-refractivity contribution in [1.82, 2.24) is 9.80 Å². The smallest absolute Gasteiger partial charge is 0.254 e. The summed E-state index contributed by atoms with van der Waals surface area (Å²) < 4.78 is 22.8. The van der Waals surface area contributed by atoms with Gasteiger partial charge in [0.25, 0.3) is 5.91 Å². The van der Waals surface area contributed by atoms with Crippen molar-refractivity contribution in [3.05, 3.63) is 76.0 Å². The molecule has 6 rings (SSSR count). The lowest BCUT2D eigenvalue weighted by Gasteiger charge is -2.37. The molecule has 3 aromatic rings. The summed E-state index contributed by atoms with van der Waals surface area (Å²) in [4.78, 5) is 32.3. The van der Waals surface area contributed by atoms with Crippen molar-refractivity contribution in [2.24, 2.45) is 0 Å². The van der Waals surface area contributed by atoms with Gasteiger partial charge in [0.2, 0.25) is 12.7 Å². The number of nitrogens with zero attached hydrogens (tertiary/aromatic N) is 2. The second-order valence-corrected chi connectivity index (χ2v) is 10.7. The van der Waals surface area contributed by atoms with E-state index < -0.39 is 0 Å². The average molecular weight is 535 g/mol. The Kier molecular flexibility index (Phi) is 7.20. The number of ether oxygens (including phenoxy) is 4. The van der Waals surface area contributed by atoms with E-state index in [9.17, 15) is 9.59 Å². The highest BCUT2D eigenvalue weighted by atomic mass is 32.1. The lowest BCUT2D eigenvalue weighted by molar-refractivity contribution is -0.135. The maximum atomic E-state index is 13.9. The van der Waals surface area contributed by atoms with Crippen molar-refractivity contribution >= 4 is 23.2 Å². The summed E-state index contributed by atoms with van der Waals surface area (Å²) in [5.41, 5.74) is 1.58. The van der Waals surface area contributed by atoms with E-state index in [1.807, 2.05) is 35.2 Å². The van der Waals surface area contributed by atoms with Crippen LogP contribution in [0.15, 0.2) is 60.0 Å². The molecule has 3 aliphatic heterocycles. The van der Waals surface area contributed by atoms with Crippen molar-refractivity contribution in [2.45, 2.75) is 31.4 Å². The number of thiophene rings is 1. The number of carbonyl (C=O) groups is 2. The fraction of sp³-hybridized carbons (Fsp3) is 0.379. The second kappa shape index (κ2) is 11.0. The molecule has 1 fully saturated rings. The van der Waals surface area contributed by atoms with Crippen LogP contribution in [0.5, 0.6) is 17.2 Å². The normalized spacial score (nSPS) is 19.7. The van der Waals surface area contributed by atoms with Gasteiger partial charge in [0, 0.05) is 30.1 Å². The van der Waals surface area contributed by atoms with E-state index in [0.717, 1.165) is 30.6 Å². The largest absolute Gasteiger partial charge is 0.491 e. The zero-order valence-electron chi connectivity index (χ0n) is 21.0. The monoisotopic (exact) mass is 534 g/mol. The third kappa shape index (κ3) is 5.21. The second-order valence-electron chi connectivity index (χ2n) is 9.66. The van der Waals surface area contributed by atoms with E-state index in [1.165, 1.54) is 4.88 Å². The maximum absolute atomic E-state index is 13.9. The molecule has 198 valence electrons. The van der Waals surface area contributed by atoms with Gasteiger partial charge in [-0.25, -0.2) is 0 Å². The van der Waals surface area contributed by atoms with Crippen molar-refractivity contribution in [3.8, 4) is 17.2 Å². The lowest BCUT2D eigenvalue weighted by Crippen LogP contribution is -2.49. The van der Waals surface area contributed by atoms with E-state index in [1.54, 1.807) is 34.4 Å². The molecule has 0 bridgehead atoms. The minimum Gasteiger partial charge on any atom is -0.491 e. The molecule has 9 heteroatoms. The first kappa shape index (κ1) is 24.8. The molecule has 0 unspecified atom stereocenters. The summed E-state index contributed by atoms with van der Waals surface area (Å²) in [7, 11) is 0. The summed E-state index contributed by atoms with van der Waals surface area (Å²) >= 11 is 1.71. The molecule has 38 heavy (non-hydrogen) atoms. The van der Waals surface area contributed by atoms with Crippen molar-refractivity contribution in [2.75, 3.05) is 39.6 Å². The third-order valence-electron chi connectivity index (χ3n) is 7.25. The van der Waals surface area contributed by atoms with Gasteiger partial charge in [0.15, 0.2) is 11.5 Å². The van der Waals surface area contributed by atoms with Gasteiger partial charge < -0.3 is 28.7 Å². The van der Waals surface area contributed by atoms with Crippen LogP contribution in [0, 0.1) is 0 Å². The highest BCUT2D eigenvalue weighted by Crippen LogP contribution is 2.35. The van der Waals surface area contributed by atoms with Gasteiger partial charge in [-0.05, 0) is 66.6 Å². The minimum atomic E-state index is -0.225. The van der Waals surface area contributed by atoms with Crippen LogP contribution in [0.4, 0.5) is 0 Å². The van der Waals surface area contributed by atoms with Gasteiger partial charge in [-0.3, -0.25) is 9.59 Å². The van der Waals surface area contributed by atoms with Gasteiger partial charge in [0.1, 0.15) is 18.9 Å². The number of para-hydroxylation sites is 1. The first-order valence-electron chi connectivity index (χ1n) is 13.0. The van der Waals surface area contributed by atoms with Crippen LogP contribution in [0.25, 0.3) is 0 Å². The quantitative estimate of drug-likeness (QED) is 0.429. The number of carbonyl (C=O) groups excluding carboxylic acids is 2. The van der Waals surface area contributed by atoms with Crippen LogP contribution in [-0.2, 0) is 16.0 Å². The van der Waals surface area contributed by atoms with E-state index >= 15 is 0 Å². The topological polar surface area (TPSA) is 77.5 Å². The Hall–Kier alpha value is -3.56. The molecule has 2 aromatic carbocycles. The SMILES string of the molecule is O=C(c1ccc2c(c1)OCO2)N(CC(=O)N1CCc2sccc2[C@H]1COc1ccccc1)C[C@H]1CCCO1. The molecular weight excluding hydrogens is 504 g/mol. The molecule has 2 atom stereocenters. The van der Waals surface area contributed by atoms with Gasteiger partial charge in [0.05, 0.1) is 12.1 Å². The molecule has 0 spiro atoms. The van der Waals surface area contributed by atoms with Crippen LogP contribution in [-0.4, -0.2) is 67.4 Å². The third-order valence-corrected chi connectivity index (χ3v) is 8.24. The Balaban J connectivity index is 1.22. The molecule has 0 saturated carbocycles. The molecule has 8 nitrogen and oxygen atoms in total. The Labute approximate surface area is 225 Å². The highest BCUT2D eigenvalue weighted by Gasteiger charge is 2.35. The average Bonchev–Trinajstić information content (AvgIpc) is 3.73. The lowest BCUT2D eigenvalue weighted by atomic mass is 10.00. The highest BCUT2D eigenvalue weighted by molar-refractivity contribution is 7.10. The molecule has 3 aliphatic rings. The molecule has 1 aromatic heterocycles. The van der Waals surface area contributed by atoms with Gasteiger partial charge in [-0.1, -0.05) is 18.2 Å². The molecule has 1 saturated heterocycles. The maximum Gasteiger partial charge on any atom is 0.254 e. The predicted octanol–water partition coefficient (Wildman–Crippen LogP) is 4.30. The Morgan fingerprint density at radius 2 is 1.95 bits per heavy atom. The van der Waals surface area contributed by atoms with Crippen LogP contribution in [0.1, 0.15) is 39.7 Å². The number of rotatable bonds is 8. The van der Waals surface area contributed by atoms with Gasteiger partial charge in [-0.15, -0.1) is 11.3 Å². The zero-order chi connectivity index (χ0) is 25.9. The summed E-state index contributed by atoms with van der Waals surface area (Å²) in [6.07, 6.45) is 2.54. The number of benzene rings is 2. The zero-order valence-corrected chi connectivity index (χ0v) is 21.9. The van der Waals surface area contributed by atoms with E-state index in [2.05, 4.69) is 11.4 Å². The first-order valence-corrected chi connectivity index (χ1v) is 13.9. The van der Waals surface area contributed by atoms with Gasteiger partial charge >= 0.3 is 0 Å². The predicted molar refractivity (Wildman–Crippen MR) is 142 cm³/mol. The molecule has 0 radical (unpaired) electrons. The van der Waals surface area contributed by atoms with E-state index in [-0.39, 0.29) is 37.3 Å². The Bertz CT molecular complexity index is 1290. The summed E-state index contributed by atoms with van der Waals surface area (Å²) in [5.74, 6) is 1.59. The van der Waals surface area contributed by atoms with Crippen LogP contribution >= 0.6 is 11.3 Å². The molecular formula is C29H30N2O6S. The fourth-order valence-corrected chi connectivity index (χ4v) is 6.21. The standard InChI is InChI=1S/C29H30N2O6S/c32-28(31-12-10-27-23(11-14-38-27)24(31)18-35-21-5-2-1-3-6-21)17-30(16-22-7-4-13-34-22)29(33)20-8-9-25-26(15-20)37-19-36-25/h1-3,5-6,8-9,11,14-15,22,24H,4,7,10,12-13,16-19H2/t22-,24-/m1/s1. The summed E-state index contributed by atoms with van der Waals surface area (Å²) in [6.45, 7) is 2.08. The Morgan fingerprint density at radius 3 is 2.79 bits per heavy atom. The summed E-state index contributed by atoms with van der Waals surface area (Å²) in [5, 5.41) is 2.07. The van der Waals surface area contributed by atoms with Gasteiger partial charge in [-0.2, -0.15) is 0 Å². The fourth-order valence-electron chi connectivity index (χ4n) is 5.29. The van der Waals surface area contributed by atoms with Crippen molar-refractivity contribution in [1.29, 1.82) is 0 Å². The first-order chi connectivity index (χ1) is 18.7. The number of amides is 2. The summed E-state index contributed by atoms with van der Waals surface area (Å²) in [6, 6.07) is 16.6. The number of hydrogen-bond acceptors (Lipinski definition) is 7. The Morgan fingerprint density at radius 1 is 1.08 bits per heavy atom. The van der Waals surface area contributed by atoms with E-state index in [0.29, 0.717) is 43.4 Å². The minimum absolute atomic E-state index is 0.0333. The molecule has 2 amide bonds.